The van der Waals surface area contributed by atoms with Gasteiger partial charge in [-0.1, -0.05) is 72.8 Å². The first-order valence-electron chi connectivity index (χ1n) is 15.4. The number of carbonyl (C=O) groups is 2. The van der Waals surface area contributed by atoms with Crippen LogP contribution in [-0.2, 0) is 16.1 Å². The van der Waals surface area contributed by atoms with Crippen LogP contribution in [0.2, 0.25) is 0 Å². The van der Waals surface area contributed by atoms with Crippen LogP contribution >= 0.6 is 0 Å². The highest BCUT2D eigenvalue weighted by Gasteiger charge is 2.28. The molecule has 0 saturated carbocycles. The van der Waals surface area contributed by atoms with Gasteiger partial charge in [0.15, 0.2) is 11.5 Å². The highest BCUT2D eigenvalue weighted by Crippen LogP contribution is 2.48. The smallest absolute Gasteiger partial charge is 0.413 e. The van der Waals surface area contributed by atoms with Gasteiger partial charge in [0, 0.05) is 17.8 Å². The van der Waals surface area contributed by atoms with Crippen LogP contribution in [0.25, 0.3) is 21.7 Å². The molecule has 10 heteroatoms. The minimum absolute atomic E-state index is 0.103. The second-order valence-corrected chi connectivity index (χ2v) is 12.2. The molecule has 2 heterocycles. The van der Waals surface area contributed by atoms with Gasteiger partial charge >= 0.3 is 12.1 Å². The van der Waals surface area contributed by atoms with E-state index >= 15 is 0 Å². The van der Waals surface area contributed by atoms with Gasteiger partial charge in [-0.2, -0.15) is 0 Å². The van der Waals surface area contributed by atoms with Crippen molar-refractivity contribution in [2.24, 2.45) is 0 Å². The molecule has 1 amide bonds. The lowest BCUT2D eigenvalue weighted by molar-refractivity contribution is -0.153. The number of benzene rings is 4. The van der Waals surface area contributed by atoms with Crippen LogP contribution in [0.3, 0.4) is 0 Å². The van der Waals surface area contributed by atoms with E-state index in [2.05, 4.69) is 10.3 Å². The summed E-state index contributed by atoms with van der Waals surface area (Å²) in [6, 6.07) is 28.7. The van der Waals surface area contributed by atoms with Crippen molar-refractivity contribution in [3.05, 3.63) is 132 Å². The molecule has 2 N–H and O–H groups in total. The van der Waals surface area contributed by atoms with Gasteiger partial charge in [-0.3, -0.25) is 9.78 Å². The Kier molecular flexibility index (Phi) is 8.98. The average molecular weight is 648 g/mol. The Morgan fingerprint density at radius 3 is 2.15 bits per heavy atom. The molecule has 0 aliphatic carbocycles. The number of hydrogen-bond acceptors (Lipinski definition) is 7. The standard InChI is InChI=1S/C38H34FN3O6/c1-38(2,3)48-30(43)21-41-37(45)47-34-28-15-10-20-40-32(28)35(46-33(25-11-6-4-7-12-25)26-13-8-5-9-14-26)31-29(34)23-42(36(31)44)22-24-16-18-27(39)19-17-24/h4-20,23,33,44H,21-22H2,1-3H3,(H,41,45). The molecule has 0 radical (unpaired) electrons. The zero-order chi connectivity index (χ0) is 33.8. The number of hydrogen-bond donors (Lipinski definition) is 2. The van der Waals surface area contributed by atoms with Crippen molar-refractivity contribution in [3.63, 3.8) is 0 Å². The Morgan fingerprint density at radius 1 is 0.875 bits per heavy atom. The van der Waals surface area contributed by atoms with Gasteiger partial charge in [0.05, 0.1) is 17.3 Å². The maximum Gasteiger partial charge on any atom is 0.413 e. The summed E-state index contributed by atoms with van der Waals surface area (Å²) in [6.45, 7) is 4.95. The van der Waals surface area contributed by atoms with Crippen LogP contribution in [0.15, 0.2) is 109 Å². The fourth-order valence-electron chi connectivity index (χ4n) is 5.46. The number of halogens is 1. The Labute approximate surface area is 276 Å². The molecule has 0 aliphatic heterocycles. The molecule has 0 spiro atoms. The third-order valence-electron chi connectivity index (χ3n) is 7.49. The zero-order valence-electron chi connectivity index (χ0n) is 26.6. The van der Waals surface area contributed by atoms with E-state index in [0.29, 0.717) is 16.3 Å². The van der Waals surface area contributed by atoms with Crippen LogP contribution in [0, 0.1) is 5.82 Å². The van der Waals surface area contributed by atoms with Gasteiger partial charge in [-0.15, -0.1) is 0 Å². The Morgan fingerprint density at radius 2 is 1.52 bits per heavy atom. The predicted molar refractivity (Wildman–Crippen MR) is 180 cm³/mol. The third kappa shape index (κ3) is 7.07. The molecule has 0 saturated heterocycles. The first-order valence-corrected chi connectivity index (χ1v) is 15.4. The molecule has 4 aromatic carbocycles. The first kappa shape index (κ1) is 32.1. The lowest BCUT2D eigenvalue weighted by Gasteiger charge is -2.22. The number of fused-ring (bicyclic) bond motifs is 2. The molecule has 0 fully saturated rings. The van der Waals surface area contributed by atoms with Crippen LogP contribution in [0.4, 0.5) is 9.18 Å². The number of esters is 1. The monoisotopic (exact) mass is 647 g/mol. The van der Waals surface area contributed by atoms with E-state index in [0.717, 1.165) is 16.7 Å². The SMILES string of the molecule is CC(C)(C)OC(=O)CNC(=O)Oc1c2cccnc2c(OC(c2ccccc2)c2ccccc2)c2c(O)n(Cc3ccc(F)cc3)cc12. The number of aromatic nitrogens is 2. The van der Waals surface area contributed by atoms with Gasteiger partial charge in [-0.25, -0.2) is 9.18 Å². The van der Waals surface area contributed by atoms with Crippen molar-refractivity contribution < 1.29 is 33.3 Å². The van der Waals surface area contributed by atoms with Crippen molar-refractivity contribution in [3.8, 4) is 17.4 Å². The molecule has 0 atom stereocenters. The number of nitrogens with one attached hydrogen (secondary N) is 1. The maximum atomic E-state index is 13.7. The van der Waals surface area contributed by atoms with Crippen LogP contribution in [0.5, 0.6) is 17.4 Å². The largest absolute Gasteiger partial charge is 0.494 e. The highest BCUT2D eigenvalue weighted by molar-refractivity contribution is 6.12. The van der Waals surface area contributed by atoms with E-state index in [9.17, 15) is 19.1 Å². The molecule has 0 unspecified atom stereocenters. The summed E-state index contributed by atoms with van der Waals surface area (Å²) in [6.07, 6.45) is 1.73. The molecule has 48 heavy (non-hydrogen) atoms. The van der Waals surface area contributed by atoms with Crippen molar-refractivity contribution >= 4 is 33.7 Å². The molecule has 6 aromatic rings. The van der Waals surface area contributed by atoms with E-state index in [4.69, 9.17) is 14.2 Å². The summed E-state index contributed by atoms with van der Waals surface area (Å²) >= 11 is 0. The second kappa shape index (κ2) is 13.4. The second-order valence-electron chi connectivity index (χ2n) is 12.2. The van der Waals surface area contributed by atoms with Gasteiger partial charge in [0.1, 0.15) is 29.6 Å². The lowest BCUT2D eigenvalue weighted by Crippen LogP contribution is -2.36. The van der Waals surface area contributed by atoms with Gasteiger partial charge in [-0.05, 0) is 61.7 Å². The number of pyridine rings is 1. The normalized spacial score (nSPS) is 11.5. The molecule has 9 nitrogen and oxygen atoms in total. The van der Waals surface area contributed by atoms with Crippen molar-refractivity contribution in [1.29, 1.82) is 0 Å². The molecule has 2 aromatic heterocycles. The van der Waals surface area contributed by atoms with Crippen LogP contribution < -0.4 is 14.8 Å². The zero-order valence-corrected chi connectivity index (χ0v) is 26.6. The van der Waals surface area contributed by atoms with Crippen molar-refractivity contribution in [2.45, 2.75) is 39.0 Å². The predicted octanol–water partition coefficient (Wildman–Crippen LogP) is 7.68. The average Bonchev–Trinajstić information content (AvgIpc) is 3.39. The Bertz CT molecular complexity index is 2030. The number of amides is 1. The van der Waals surface area contributed by atoms with E-state index in [-0.39, 0.29) is 35.1 Å². The fraction of sp³-hybridized carbons (Fsp3) is 0.184. The van der Waals surface area contributed by atoms with Crippen molar-refractivity contribution in [2.75, 3.05) is 6.54 Å². The van der Waals surface area contributed by atoms with E-state index in [1.54, 1.807) is 62.0 Å². The topological polar surface area (TPSA) is 112 Å². The number of aromatic hydroxyl groups is 1. The van der Waals surface area contributed by atoms with Gasteiger partial charge < -0.3 is 29.2 Å². The van der Waals surface area contributed by atoms with Gasteiger partial charge in [0.2, 0.25) is 5.88 Å². The molecular weight excluding hydrogens is 613 g/mol. The van der Waals surface area contributed by atoms with Gasteiger partial charge in [0.25, 0.3) is 0 Å². The summed E-state index contributed by atoms with van der Waals surface area (Å²) in [7, 11) is 0. The Balaban J connectivity index is 1.49. The minimum atomic E-state index is -0.904. The lowest BCUT2D eigenvalue weighted by atomic mass is 10.0. The highest BCUT2D eigenvalue weighted by atomic mass is 19.1. The third-order valence-corrected chi connectivity index (χ3v) is 7.49. The summed E-state index contributed by atoms with van der Waals surface area (Å²) in [5.41, 5.74) is 2.07. The van der Waals surface area contributed by atoms with Crippen LogP contribution in [-0.4, -0.2) is 38.9 Å². The molecule has 0 bridgehead atoms. The van der Waals surface area contributed by atoms with E-state index < -0.39 is 30.3 Å². The number of carbonyl (C=O) groups excluding carboxylic acids is 2. The number of nitrogens with zero attached hydrogens (tertiary/aromatic N) is 2. The fourth-order valence-corrected chi connectivity index (χ4v) is 5.46. The molecule has 244 valence electrons. The summed E-state index contributed by atoms with van der Waals surface area (Å²) in [5.74, 6) is -0.803. The summed E-state index contributed by atoms with van der Waals surface area (Å²) in [4.78, 5) is 30.0. The molecular formula is C38H34FN3O6. The summed E-state index contributed by atoms with van der Waals surface area (Å²) in [5, 5.41) is 15.3. The summed E-state index contributed by atoms with van der Waals surface area (Å²) < 4.78 is 33.3. The number of rotatable bonds is 9. The van der Waals surface area contributed by atoms with Crippen molar-refractivity contribution in [1.82, 2.24) is 14.9 Å². The van der Waals surface area contributed by atoms with E-state index in [1.807, 2.05) is 60.7 Å². The van der Waals surface area contributed by atoms with Crippen LogP contribution in [0.1, 0.15) is 43.6 Å². The quantitative estimate of drug-likeness (QED) is 0.155. The number of ether oxygens (including phenoxy) is 3. The minimum Gasteiger partial charge on any atom is -0.494 e. The molecule has 0 aliphatic rings. The first-order chi connectivity index (χ1) is 23.1. The Hall–Kier alpha value is -5.90. The maximum absolute atomic E-state index is 13.7. The van der Waals surface area contributed by atoms with E-state index in [1.165, 1.54) is 12.1 Å². The molecule has 6 rings (SSSR count).